The Labute approximate surface area is 217 Å². The fraction of sp³-hybridized carbons (Fsp3) is 0.321. The summed E-state index contributed by atoms with van der Waals surface area (Å²) in [5, 5.41) is 12.1. The minimum absolute atomic E-state index is 0.0462. The molecule has 3 rings (SSSR count). The van der Waals surface area contributed by atoms with Crippen LogP contribution in [0.25, 0.3) is 11.3 Å². The van der Waals surface area contributed by atoms with Crippen molar-refractivity contribution in [1.82, 2.24) is 4.98 Å². The Balaban J connectivity index is 1.58. The summed E-state index contributed by atoms with van der Waals surface area (Å²) in [4.78, 5) is 27.0. The molecule has 0 spiro atoms. The molecule has 1 heterocycles. The number of carbonyl (C=O) groups is 2. The van der Waals surface area contributed by atoms with Gasteiger partial charge in [0, 0.05) is 29.7 Å². The van der Waals surface area contributed by atoms with E-state index in [0.717, 1.165) is 17.8 Å². The number of nitrogens with zero attached hydrogens (tertiary/aromatic N) is 1. The monoisotopic (exact) mass is 532 g/mol. The topological polar surface area (TPSA) is 88.5 Å². The lowest BCUT2D eigenvalue weighted by Crippen LogP contribution is -2.32. The van der Waals surface area contributed by atoms with Crippen LogP contribution in [-0.2, 0) is 11.0 Å². The number of hydrogen-bond acceptors (Lipinski definition) is 5. The molecule has 0 radical (unpaired) electrons. The number of benzene rings is 2. The molecule has 0 saturated carbocycles. The van der Waals surface area contributed by atoms with E-state index in [9.17, 15) is 27.2 Å². The van der Waals surface area contributed by atoms with Crippen LogP contribution < -0.4 is 10.1 Å². The highest BCUT2D eigenvalue weighted by Gasteiger charge is 2.31. The number of nitrogens with one attached hydrogen (secondary N) is 1. The molecule has 0 bridgehead atoms. The molecule has 2 N–H and O–H groups in total. The van der Waals surface area contributed by atoms with Crippen LogP contribution in [0.5, 0.6) is 5.75 Å². The number of rotatable bonds is 12. The largest absolute Gasteiger partial charge is 0.490 e. The third-order valence-electron chi connectivity index (χ3n) is 5.90. The zero-order valence-corrected chi connectivity index (χ0v) is 20.9. The van der Waals surface area contributed by atoms with Gasteiger partial charge in [-0.1, -0.05) is 13.8 Å². The highest BCUT2D eigenvalue weighted by Crippen LogP contribution is 2.32. The summed E-state index contributed by atoms with van der Waals surface area (Å²) >= 11 is 0. The van der Waals surface area contributed by atoms with E-state index in [2.05, 4.69) is 10.3 Å². The van der Waals surface area contributed by atoms with Gasteiger partial charge in [-0.15, -0.1) is 0 Å². The lowest BCUT2D eigenvalue weighted by molar-refractivity contribution is -0.138. The van der Waals surface area contributed by atoms with Gasteiger partial charge in [-0.3, -0.25) is 14.6 Å². The van der Waals surface area contributed by atoms with E-state index in [0.29, 0.717) is 17.4 Å². The number of hydrogen-bond donors (Lipinski definition) is 2. The summed E-state index contributed by atoms with van der Waals surface area (Å²) < 4.78 is 58.4. The van der Waals surface area contributed by atoms with Crippen molar-refractivity contribution in [3.63, 3.8) is 0 Å². The number of carbonyl (C=O) groups excluding carboxylic acids is 1. The number of halogens is 4. The van der Waals surface area contributed by atoms with Crippen molar-refractivity contribution >= 4 is 17.4 Å². The van der Waals surface area contributed by atoms with Crippen LogP contribution in [0.3, 0.4) is 0 Å². The summed E-state index contributed by atoms with van der Waals surface area (Å²) in [5.41, 5.74) is 0.354. The van der Waals surface area contributed by atoms with Crippen LogP contribution in [0.2, 0.25) is 0 Å². The number of ether oxygens (including phenoxy) is 1. The van der Waals surface area contributed by atoms with Gasteiger partial charge in [-0.05, 0) is 66.9 Å². The van der Waals surface area contributed by atoms with E-state index in [1.54, 1.807) is 30.3 Å². The minimum atomic E-state index is -4.63. The Kier molecular flexibility index (Phi) is 9.44. The molecule has 0 saturated heterocycles. The van der Waals surface area contributed by atoms with E-state index >= 15 is 0 Å². The van der Waals surface area contributed by atoms with Gasteiger partial charge in [0.25, 0.3) is 0 Å². The van der Waals surface area contributed by atoms with Gasteiger partial charge < -0.3 is 15.2 Å². The second kappa shape index (κ2) is 12.5. The van der Waals surface area contributed by atoms with Crippen molar-refractivity contribution in [2.75, 3.05) is 11.9 Å². The van der Waals surface area contributed by atoms with Crippen molar-refractivity contribution < 1.29 is 37.0 Å². The van der Waals surface area contributed by atoms with Gasteiger partial charge >= 0.3 is 12.1 Å². The van der Waals surface area contributed by atoms with E-state index in [1.165, 1.54) is 12.3 Å². The lowest BCUT2D eigenvalue weighted by Gasteiger charge is -2.24. The Bertz CT molecular complexity index is 1240. The predicted molar refractivity (Wildman–Crippen MR) is 135 cm³/mol. The van der Waals surface area contributed by atoms with Crippen LogP contribution in [0.1, 0.15) is 49.0 Å². The molecule has 6 nitrogen and oxygen atoms in total. The number of aromatic nitrogens is 1. The summed E-state index contributed by atoms with van der Waals surface area (Å²) in [5.74, 6) is -1.48. The second-order valence-corrected chi connectivity index (χ2v) is 9.13. The number of carboxylic acid groups (broad SMARTS) is 1. The van der Waals surface area contributed by atoms with Crippen molar-refractivity contribution in [1.29, 1.82) is 0 Å². The first-order valence-electron chi connectivity index (χ1n) is 12.0. The third-order valence-corrected chi connectivity index (χ3v) is 5.90. The zero-order chi connectivity index (χ0) is 27.9. The number of ketones is 1. The first-order valence-corrected chi connectivity index (χ1v) is 12.0. The lowest BCUT2D eigenvalue weighted by atomic mass is 10.0. The molecule has 202 valence electrons. The Morgan fingerprint density at radius 3 is 2.29 bits per heavy atom. The van der Waals surface area contributed by atoms with E-state index in [1.807, 2.05) is 13.8 Å². The van der Waals surface area contributed by atoms with E-state index in [-0.39, 0.29) is 54.9 Å². The smallest absolute Gasteiger partial charge is 0.416 e. The van der Waals surface area contributed by atoms with Crippen LogP contribution in [0.4, 0.5) is 23.2 Å². The van der Waals surface area contributed by atoms with Crippen LogP contribution >= 0.6 is 0 Å². The first-order chi connectivity index (χ1) is 17.9. The SMILES string of the molecule is CC(C)[C@@H](COc1ccc(-c2ccc(C(F)(F)F)cc2F)nc1)Nc1ccc(C(=O)CCCC(=O)O)cc1. The Morgan fingerprint density at radius 2 is 1.74 bits per heavy atom. The summed E-state index contributed by atoms with van der Waals surface area (Å²) in [6, 6.07) is 12.2. The van der Waals surface area contributed by atoms with Crippen LogP contribution in [-0.4, -0.2) is 34.5 Å². The first kappa shape index (κ1) is 28.6. The second-order valence-electron chi connectivity index (χ2n) is 9.13. The third kappa shape index (κ3) is 8.03. The maximum absolute atomic E-state index is 14.2. The summed E-state index contributed by atoms with van der Waals surface area (Å²) in [7, 11) is 0. The Morgan fingerprint density at radius 1 is 1.03 bits per heavy atom. The van der Waals surface area contributed by atoms with Gasteiger partial charge in [0.2, 0.25) is 0 Å². The number of Topliss-reactive ketones (excluding diaryl/α,β-unsaturated/α-hetero) is 1. The number of pyridine rings is 1. The number of aliphatic carboxylic acids is 1. The molecule has 0 amide bonds. The molecular weight excluding hydrogens is 504 g/mol. The number of anilines is 1. The number of alkyl halides is 3. The van der Waals surface area contributed by atoms with Crippen molar-refractivity contribution in [3.8, 4) is 17.0 Å². The average molecular weight is 533 g/mol. The molecule has 38 heavy (non-hydrogen) atoms. The zero-order valence-electron chi connectivity index (χ0n) is 20.9. The van der Waals surface area contributed by atoms with Gasteiger partial charge in [0.15, 0.2) is 5.78 Å². The fourth-order valence-corrected chi connectivity index (χ4v) is 3.62. The molecule has 0 aliphatic carbocycles. The molecule has 10 heteroatoms. The van der Waals surface area contributed by atoms with Gasteiger partial charge in [-0.2, -0.15) is 13.2 Å². The fourth-order valence-electron chi connectivity index (χ4n) is 3.62. The van der Waals surface area contributed by atoms with Gasteiger partial charge in [0.1, 0.15) is 18.2 Å². The highest BCUT2D eigenvalue weighted by atomic mass is 19.4. The maximum atomic E-state index is 14.2. The highest BCUT2D eigenvalue weighted by molar-refractivity contribution is 5.96. The van der Waals surface area contributed by atoms with Gasteiger partial charge in [0.05, 0.1) is 23.5 Å². The molecular formula is C28H28F4N2O4. The Hall–Kier alpha value is -3.95. The molecule has 0 aliphatic rings. The molecule has 1 atom stereocenters. The molecule has 2 aromatic carbocycles. The standard InChI is InChI=1S/C28H28F4N2O4/c1-17(2)25(34-20-9-6-18(7-10-20)26(35)4-3-5-27(36)37)16-38-21-11-13-24(33-15-21)22-12-8-19(14-23(22)29)28(30,31)32/h6-15,17,25,34H,3-5,16H2,1-2H3,(H,36,37)/t25-/m1/s1. The maximum Gasteiger partial charge on any atom is 0.416 e. The number of carboxylic acids is 1. The molecule has 1 aromatic heterocycles. The average Bonchev–Trinajstić information content (AvgIpc) is 2.86. The normalized spacial score (nSPS) is 12.3. The van der Waals surface area contributed by atoms with E-state index < -0.39 is 23.5 Å². The summed E-state index contributed by atoms with van der Waals surface area (Å²) in [6.07, 6.45) is -2.84. The van der Waals surface area contributed by atoms with Crippen molar-refractivity contribution in [2.24, 2.45) is 5.92 Å². The van der Waals surface area contributed by atoms with Crippen molar-refractivity contribution in [2.45, 2.75) is 45.3 Å². The van der Waals surface area contributed by atoms with Crippen LogP contribution in [0.15, 0.2) is 60.8 Å². The quantitative estimate of drug-likeness (QED) is 0.196. The van der Waals surface area contributed by atoms with Gasteiger partial charge in [-0.25, -0.2) is 4.39 Å². The molecule has 0 fully saturated rings. The molecule has 0 aliphatic heterocycles. The predicted octanol–water partition coefficient (Wildman–Crippen LogP) is 6.86. The molecule has 3 aromatic rings. The molecule has 0 unspecified atom stereocenters. The van der Waals surface area contributed by atoms with Crippen LogP contribution in [0, 0.1) is 11.7 Å². The van der Waals surface area contributed by atoms with E-state index in [4.69, 9.17) is 9.84 Å². The van der Waals surface area contributed by atoms with Crippen molar-refractivity contribution in [3.05, 3.63) is 77.7 Å². The minimum Gasteiger partial charge on any atom is -0.490 e. The summed E-state index contributed by atoms with van der Waals surface area (Å²) in [6.45, 7) is 4.29.